The highest BCUT2D eigenvalue weighted by Crippen LogP contribution is 2.32. The molecule has 2 saturated heterocycles. The summed E-state index contributed by atoms with van der Waals surface area (Å²) in [6.45, 7) is 5.39. The average Bonchev–Trinajstić information content (AvgIpc) is 2.63. The predicted octanol–water partition coefficient (Wildman–Crippen LogP) is 2.55. The lowest BCUT2D eigenvalue weighted by Gasteiger charge is -2.47. The number of aromatic nitrogens is 2. The first-order valence-electron chi connectivity index (χ1n) is 9.35. The third-order valence-corrected chi connectivity index (χ3v) is 5.59. The quantitative estimate of drug-likeness (QED) is 0.929. The molecule has 3 heterocycles. The van der Waals surface area contributed by atoms with Crippen LogP contribution in [0.4, 0.5) is 5.82 Å². The molecule has 2 atom stereocenters. The highest BCUT2D eigenvalue weighted by molar-refractivity contribution is 5.25. The SMILES string of the molecule is Nc1ccnc(CN2CC[C@H]3[C@H](CCCN3Cc3ccccc3)C2)n1. The molecule has 5 heteroatoms. The fourth-order valence-electron chi connectivity index (χ4n) is 4.43. The molecule has 2 aliphatic heterocycles. The van der Waals surface area contributed by atoms with E-state index in [0.717, 1.165) is 37.9 Å². The number of nitrogen functional groups attached to an aromatic ring is 1. The summed E-state index contributed by atoms with van der Waals surface area (Å²) in [5.41, 5.74) is 7.21. The van der Waals surface area contributed by atoms with Crippen molar-refractivity contribution >= 4 is 5.82 Å². The Kier molecular flexibility index (Phi) is 4.95. The van der Waals surface area contributed by atoms with Gasteiger partial charge in [0.1, 0.15) is 11.6 Å². The number of rotatable bonds is 4. The standard InChI is InChI=1S/C20H27N5/c21-19-8-10-22-20(23-19)15-24-12-9-18-17(14-24)7-4-11-25(18)13-16-5-2-1-3-6-16/h1-3,5-6,8,10,17-18H,4,7,9,11-15H2,(H2,21,22,23)/t17-,18+/m1/s1. The summed E-state index contributed by atoms with van der Waals surface area (Å²) in [6, 6.07) is 13.3. The highest BCUT2D eigenvalue weighted by Gasteiger charge is 2.35. The molecule has 2 aromatic rings. The molecule has 2 fully saturated rings. The Balaban J connectivity index is 1.38. The smallest absolute Gasteiger partial charge is 0.144 e. The van der Waals surface area contributed by atoms with Gasteiger partial charge in [-0.15, -0.1) is 0 Å². The number of benzene rings is 1. The lowest BCUT2D eigenvalue weighted by molar-refractivity contribution is 0.0148. The Labute approximate surface area is 149 Å². The minimum atomic E-state index is 0.562. The van der Waals surface area contributed by atoms with Gasteiger partial charge in [-0.25, -0.2) is 9.97 Å². The van der Waals surface area contributed by atoms with E-state index in [4.69, 9.17) is 5.73 Å². The Morgan fingerprint density at radius 3 is 2.76 bits per heavy atom. The molecule has 4 rings (SSSR count). The minimum absolute atomic E-state index is 0.562. The molecule has 0 radical (unpaired) electrons. The van der Waals surface area contributed by atoms with Crippen LogP contribution >= 0.6 is 0 Å². The largest absolute Gasteiger partial charge is 0.384 e. The maximum Gasteiger partial charge on any atom is 0.144 e. The number of likely N-dealkylation sites (tertiary alicyclic amines) is 2. The Bertz CT molecular complexity index is 689. The molecule has 0 spiro atoms. The van der Waals surface area contributed by atoms with Crippen molar-refractivity contribution in [3.05, 3.63) is 54.0 Å². The Morgan fingerprint density at radius 2 is 1.92 bits per heavy atom. The summed E-state index contributed by atoms with van der Waals surface area (Å²) < 4.78 is 0. The molecule has 0 saturated carbocycles. The molecule has 25 heavy (non-hydrogen) atoms. The van der Waals surface area contributed by atoms with Crippen LogP contribution in [0, 0.1) is 5.92 Å². The van der Waals surface area contributed by atoms with Crippen molar-refractivity contribution in [2.45, 2.75) is 38.4 Å². The zero-order valence-corrected chi connectivity index (χ0v) is 14.7. The molecule has 0 amide bonds. The van der Waals surface area contributed by atoms with Gasteiger partial charge in [-0.3, -0.25) is 9.80 Å². The molecule has 5 nitrogen and oxygen atoms in total. The maximum atomic E-state index is 5.79. The van der Waals surface area contributed by atoms with Crippen LogP contribution < -0.4 is 5.73 Å². The second-order valence-corrected chi connectivity index (χ2v) is 7.35. The molecule has 132 valence electrons. The van der Waals surface area contributed by atoms with E-state index >= 15 is 0 Å². The van der Waals surface area contributed by atoms with E-state index in [-0.39, 0.29) is 0 Å². The third kappa shape index (κ3) is 3.99. The van der Waals surface area contributed by atoms with Crippen molar-refractivity contribution in [3.63, 3.8) is 0 Å². The van der Waals surface area contributed by atoms with E-state index in [2.05, 4.69) is 50.1 Å². The maximum absolute atomic E-state index is 5.79. The number of anilines is 1. The minimum Gasteiger partial charge on any atom is -0.384 e. The van der Waals surface area contributed by atoms with Crippen LogP contribution in [0.3, 0.4) is 0 Å². The fraction of sp³-hybridized carbons (Fsp3) is 0.500. The number of piperidine rings is 2. The highest BCUT2D eigenvalue weighted by atomic mass is 15.2. The Morgan fingerprint density at radius 1 is 1.04 bits per heavy atom. The summed E-state index contributed by atoms with van der Waals surface area (Å²) >= 11 is 0. The first kappa shape index (κ1) is 16.5. The molecule has 0 aliphatic carbocycles. The van der Waals surface area contributed by atoms with E-state index < -0.39 is 0 Å². The second kappa shape index (κ2) is 7.50. The van der Waals surface area contributed by atoms with E-state index in [9.17, 15) is 0 Å². The lowest BCUT2D eigenvalue weighted by atomic mass is 9.83. The second-order valence-electron chi connectivity index (χ2n) is 7.35. The topological polar surface area (TPSA) is 58.3 Å². The number of nitrogens with two attached hydrogens (primary N) is 1. The van der Waals surface area contributed by atoms with E-state index in [0.29, 0.717) is 11.9 Å². The first-order valence-corrected chi connectivity index (χ1v) is 9.35. The van der Waals surface area contributed by atoms with Crippen molar-refractivity contribution in [3.8, 4) is 0 Å². The molecule has 2 N–H and O–H groups in total. The number of nitrogens with zero attached hydrogens (tertiary/aromatic N) is 4. The third-order valence-electron chi connectivity index (χ3n) is 5.59. The van der Waals surface area contributed by atoms with Gasteiger partial charge in [0.2, 0.25) is 0 Å². The monoisotopic (exact) mass is 337 g/mol. The van der Waals surface area contributed by atoms with E-state index in [1.54, 1.807) is 12.3 Å². The van der Waals surface area contributed by atoms with Gasteiger partial charge in [0.05, 0.1) is 6.54 Å². The average molecular weight is 337 g/mol. The van der Waals surface area contributed by atoms with Crippen molar-refractivity contribution < 1.29 is 0 Å². The lowest BCUT2D eigenvalue weighted by Crippen LogP contribution is -2.53. The van der Waals surface area contributed by atoms with Crippen LogP contribution in [-0.4, -0.2) is 45.4 Å². The summed E-state index contributed by atoms with van der Waals surface area (Å²) in [5, 5.41) is 0. The first-order chi connectivity index (χ1) is 12.3. The van der Waals surface area contributed by atoms with Crippen LogP contribution in [0.5, 0.6) is 0 Å². The van der Waals surface area contributed by atoms with Gasteiger partial charge in [-0.05, 0) is 43.4 Å². The number of fused-ring (bicyclic) bond motifs is 1. The Hall–Kier alpha value is -1.98. The summed E-state index contributed by atoms with van der Waals surface area (Å²) in [4.78, 5) is 13.9. The number of hydrogen-bond donors (Lipinski definition) is 1. The molecular weight excluding hydrogens is 310 g/mol. The van der Waals surface area contributed by atoms with Crippen LogP contribution in [0.1, 0.15) is 30.7 Å². The van der Waals surface area contributed by atoms with Crippen molar-refractivity contribution in [1.82, 2.24) is 19.8 Å². The molecular formula is C20H27N5. The summed E-state index contributed by atoms with van der Waals surface area (Å²) in [5.74, 6) is 2.16. The molecule has 1 aromatic heterocycles. The van der Waals surface area contributed by atoms with Crippen LogP contribution in [0.15, 0.2) is 42.6 Å². The predicted molar refractivity (Wildman–Crippen MR) is 99.7 cm³/mol. The van der Waals surface area contributed by atoms with Gasteiger partial charge in [0, 0.05) is 31.9 Å². The van der Waals surface area contributed by atoms with Gasteiger partial charge in [-0.2, -0.15) is 0 Å². The van der Waals surface area contributed by atoms with Gasteiger partial charge < -0.3 is 5.73 Å². The molecule has 2 aliphatic rings. The van der Waals surface area contributed by atoms with E-state index in [1.807, 2.05) is 0 Å². The van der Waals surface area contributed by atoms with Gasteiger partial charge in [0.15, 0.2) is 0 Å². The van der Waals surface area contributed by atoms with Crippen LogP contribution in [-0.2, 0) is 13.1 Å². The van der Waals surface area contributed by atoms with Crippen molar-refractivity contribution in [1.29, 1.82) is 0 Å². The van der Waals surface area contributed by atoms with Gasteiger partial charge >= 0.3 is 0 Å². The van der Waals surface area contributed by atoms with Crippen molar-refractivity contribution in [2.75, 3.05) is 25.4 Å². The van der Waals surface area contributed by atoms with E-state index in [1.165, 1.54) is 31.4 Å². The van der Waals surface area contributed by atoms with Crippen molar-refractivity contribution in [2.24, 2.45) is 5.92 Å². The van der Waals surface area contributed by atoms with Gasteiger partial charge in [0.25, 0.3) is 0 Å². The fourth-order valence-corrected chi connectivity index (χ4v) is 4.43. The molecule has 0 unspecified atom stereocenters. The number of hydrogen-bond acceptors (Lipinski definition) is 5. The zero-order valence-electron chi connectivity index (χ0n) is 14.7. The molecule has 0 bridgehead atoms. The van der Waals surface area contributed by atoms with Crippen LogP contribution in [0.25, 0.3) is 0 Å². The molecule has 1 aromatic carbocycles. The van der Waals surface area contributed by atoms with Gasteiger partial charge in [-0.1, -0.05) is 30.3 Å². The summed E-state index contributed by atoms with van der Waals surface area (Å²) in [7, 11) is 0. The normalized spacial score (nSPS) is 24.8. The summed E-state index contributed by atoms with van der Waals surface area (Å²) in [6.07, 6.45) is 5.63. The van der Waals surface area contributed by atoms with Crippen LogP contribution in [0.2, 0.25) is 0 Å². The zero-order chi connectivity index (χ0) is 17.1.